The summed E-state index contributed by atoms with van der Waals surface area (Å²) in [5.74, 6) is -0.0204. The Hall–Kier alpha value is -1.29. The predicted octanol–water partition coefficient (Wildman–Crippen LogP) is 3.66. The second-order valence-corrected chi connectivity index (χ2v) is 6.24. The molecule has 2 amide bonds. The third kappa shape index (κ3) is 3.42. The van der Waals surface area contributed by atoms with Gasteiger partial charge in [-0.2, -0.15) is 0 Å². The van der Waals surface area contributed by atoms with Crippen molar-refractivity contribution in [2.45, 2.75) is 44.8 Å². The average Bonchev–Trinajstić information content (AvgIpc) is 2.72. The van der Waals surface area contributed by atoms with Crippen LogP contribution >= 0.6 is 11.8 Å². The molecule has 1 fully saturated rings. The lowest BCUT2D eigenvalue weighted by atomic mass is 10.1. The Labute approximate surface area is 124 Å². The molecule has 0 unspecified atom stereocenters. The van der Waals surface area contributed by atoms with E-state index in [4.69, 9.17) is 0 Å². The summed E-state index contributed by atoms with van der Waals surface area (Å²) in [4.78, 5) is 25.5. The number of carbonyl (C=O) groups excluding carboxylic acids is 2. The Kier molecular flexibility index (Phi) is 5.24. The lowest BCUT2D eigenvalue weighted by Crippen LogP contribution is -2.33. The molecule has 2 rings (SSSR count). The van der Waals surface area contributed by atoms with E-state index in [1.807, 2.05) is 0 Å². The summed E-state index contributed by atoms with van der Waals surface area (Å²) in [7, 11) is 0. The number of hydrogen-bond donors (Lipinski definition) is 0. The molecule has 3 nitrogen and oxygen atoms in total. The van der Waals surface area contributed by atoms with Crippen molar-refractivity contribution in [1.82, 2.24) is 4.90 Å². The number of amides is 2. The summed E-state index contributed by atoms with van der Waals surface area (Å²) < 4.78 is 0. The van der Waals surface area contributed by atoms with Gasteiger partial charge in [0.2, 0.25) is 5.91 Å². The molecule has 1 aliphatic heterocycles. The zero-order chi connectivity index (χ0) is 14.5. The van der Waals surface area contributed by atoms with E-state index in [-0.39, 0.29) is 16.4 Å². The van der Waals surface area contributed by atoms with Crippen LogP contribution in [0.3, 0.4) is 0 Å². The molecule has 1 aliphatic rings. The van der Waals surface area contributed by atoms with Gasteiger partial charge in [0.25, 0.3) is 5.24 Å². The molecule has 0 bridgehead atoms. The van der Waals surface area contributed by atoms with Crippen LogP contribution in [0.25, 0.3) is 0 Å². The fourth-order valence-electron chi connectivity index (χ4n) is 2.27. The zero-order valence-corrected chi connectivity index (χ0v) is 12.9. The lowest BCUT2D eigenvalue weighted by Gasteiger charge is -2.13. The van der Waals surface area contributed by atoms with E-state index in [2.05, 4.69) is 38.1 Å². The highest BCUT2D eigenvalue weighted by molar-refractivity contribution is 8.15. The molecule has 20 heavy (non-hydrogen) atoms. The van der Waals surface area contributed by atoms with Crippen molar-refractivity contribution in [3.05, 3.63) is 35.4 Å². The zero-order valence-electron chi connectivity index (χ0n) is 12.1. The standard InChI is InChI=1S/C16H21NO2S/c1-3-5-10-17-15(18)14(20-16(17)19)11-13-8-6-12(4-2)7-9-13/h6-9,14H,3-5,10-11H2,1-2H3/t14-/m1/s1. The second kappa shape index (κ2) is 6.93. The molecular formula is C16H21NO2S. The van der Waals surface area contributed by atoms with Crippen LogP contribution in [-0.4, -0.2) is 27.8 Å². The van der Waals surface area contributed by atoms with E-state index >= 15 is 0 Å². The molecule has 1 saturated heterocycles. The topological polar surface area (TPSA) is 37.4 Å². The van der Waals surface area contributed by atoms with Crippen molar-refractivity contribution in [3.63, 3.8) is 0 Å². The number of benzene rings is 1. The van der Waals surface area contributed by atoms with Crippen LogP contribution < -0.4 is 0 Å². The average molecular weight is 291 g/mol. The Bertz CT molecular complexity index is 484. The Morgan fingerprint density at radius 3 is 2.35 bits per heavy atom. The van der Waals surface area contributed by atoms with Crippen molar-refractivity contribution in [2.75, 3.05) is 6.54 Å². The summed E-state index contributed by atoms with van der Waals surface area (Å²) in [6.45, 7) is 4.74. The Morgan fingerprint density at radius 1 is 1.10 bits per heavy atom. The van der Waals surface area contributed by atoms with E-state index in [9.17, 15) is 9.59 Å². The first kappa shape index (κ1) is 15.1. The molecule has 0 saturated carbocycles. The first-order valence-corrected chi connectivity index (χ1v) is 8.13. The molecule has 1 aromatic rings. The van der Waals surface area contributed by atoms with Gasteiger partial charge in [-0.05, 0) is 30.4 Å². The highest BCUT2D eigenvalue weighted by atomic mass is 32.2. The maximum absolute atomic E-state index is 12.2. The largest absolute Gasteiger partial charge is 0.289 e. The van der Waals surface area contributed by atoms with Crippen LogP contribution in [0.5, 0.6) is 0 Å². The molecular weight excluding hydrogens is 270 g/mol. The summed E-state index contributed by atoms with van der Waals surface area (Å²) >= 11 is 1.17. The molecule has 0 spiro atoms. The number of thioether (sulfide) groups is 1. The highest BCUT2D eigenvalue weighted by Crippen LogP contribution is 2.29. The summed E-state index contributed by atoms with van der Waals surface area (Å²) in [6, 6.07) is 8.31. The SMILES string of the molecule is CCCCN1C(=O)S[C@H](Cc2ccc(CC)cc2)C1=O. The smallest absolute Gasteiger partial charge is 0.273 e. The number of imide groups is 1. The van der Waals surface area contributed by atoms with Gasteiger partial charge < -0.3 is 0 Å². The number of unbranched alkanes of at least 4 members (excludes halogenated alkanes) is 1. The molecule has 0 radical (unpaired) electrons. The fourth-order valence-corrected chi connectivity index (χ4v) is 3.33. The van der Waals surface area contributed by atoms with Gasteiger partial charge in [0, 0.05) is 6.54 Å². The van der Waals surface area contributed by atoms with Gasteiger partial charge in [0.1, 0.15) is 0 Å². The molecule has 1 heterocycles. The Morgan fingerprint density at radius 2 is 1.75 bits per heavy atom. The number of nitrogens with zero attached hydrogens (tertiary/aromatic N) is 1. The maximum atomic E-state index is 12.2. The van der Waals surface area contributed by atoms with Crippen LogP contribution in [0.1, 0.15) is 37.8 Å². The molecule has 0 aromatic heterocycles. The monoisotopic (exact) mass is 291 g/mol. The molecule has 1 aromatic carbocycles. The number of rotatable bonds is 6. The number of hydrogen-bond acceptors (Lipinski definition) is 3. The molecule has 4 heteroatoms. The summed E-state index contributed by atoms with van der Waals surface area (Å²) in [5.41, 5.74) is 2.41. The van der Waals surface area contributed by atoms with E-state index in [0.29, 0.717) is 13.0 Å². The maximum Gasteiger partial charge on any atom is 0.289 e. The minimum absolute atomic E-state index is 0.0204. The molecule has 1 atom stereocenters. The van der Waals surface area contributed by atoms with Crippen LogP contribution in [-0.2, 0) is 17.6 Å². The van der Waals surface area contributed by atoms with Crippen molar-refractivity contribution in [2.24, 2.45) is 0 Å². The fraction of sp³-hybridized carbons (Fsp3) is 0.500. The third-order valence-electron chi connectivity index (χ3n) is 3.59. The van der Waals surface area contributed by atoms with E-state index in [1.165, 1.54) is 22.2 Å². The van der Waals surface area contributed by atoms with Crippen LogP contribution in [0.2, 0.25) is 0 Å². The first-order chi connectivity index (χ1) is 9.65. The number of carbonyl (C=O) groups is 2. The summed E-state index contributed by atoms with van der Waals surface area (Å²) in [5, 5.41) is -0.328. The Balaban J connectivity index is 1.99. The van der Waals surface area contributed by atoms with Gasteiger partial charge in [0.15, 0.2) is 0 Å². The second-order valence-electron chi connectivity index (χ2n) is 5.09. The normalized spacial score (nSPS) is 18.9. The molecule has 0 N–H and O–H groups in total. The third-order valence-corrected chi connectivity index (χ3v) is 4.67. The van der Waals surface area contributed by atoms with Crippen LogP contribution in [0.15, 0.2) is 24.3 Å². The minimum Gasteiger partial charge on any atom is -0.273 e. The number of aryl methyl sites for hydroxylation is 1. The van der Waals surface area contributed by atoms with Gasteiger partial charge in [-0.3, -0.25) is 14.5 Å². The van der Waals surface area contributed by atoms with Crippen molar-refractivity contribution in [1.29, 1.82) is 0 Å². The highest BCUT2D eigenvalue weighted by Gasteiger charge is 2.38. The van der Waals surface area contributed by atoms with Gasteiger partial charge in [-0.15, -0.1) is 0 Å². The van der Waals surface area contributed by atoms with Crippen LogP contribution in [0, 0.1) is 0 Å². The van der Waals surface area contributed by atoms with Crippen molar-refractivity contribution in [3.8, 4) is 0 Å². The van der Waals surface area contributed by atoms with Gasteiger partial charge in [0.05, 0.1) is 5.25 Å². The summed E-state index contributed by atoms with van der Waals surface area (Å²) in [6.07, 6.45) is 3.53. The minimum atomic E-state index is -0.244. The van der Waals surface area contributed by atoms with E-state index < -0.39 is 0 Å². The van der Waals surface area contributed by atoms with Crippen molar-refractivity contribution >= 4 is 22.9 Å². The molecule has 108 valence electrons. The molecule has 0 aliphatic carbocycles. The van der Waals surface area contributed by atoms with Gasteiger partial charge >= 0.3 is 0 Å². The van der Waals surface area contributed by atoms with E-state index in [1.54, 1.807) is 0 Å². The van der Waals surface area contributed by atoms with Crippen molar-refractivity contribution < 1.29 is 9.59 Å². The van der Waals surface area contributed by atoms with Gasteiger partial charge in [-0.25, -0.2) is 0 Å². The van der Waals surface area contributed by atoms with Gasteiger partial charge in [-0.1, -0.05) is 56.3 Å². The first-order valence-electron chi connectivity index (χ1n) is 7.25. The van der Waals surface area contributed by atoms with Crippen LogP contribution in [0.4, 0.5) is 4.79 Å². The van der Waals surface area contributed by atoms with E-state index in [0.717, 1.165) is 24.8 Å². The predicted molar refractivity (Wildman–Crippen MR) is 82.9 cm³/mol. The lowest BCUT2D eigenvalue weighted by molar-refractivity contribution is -0.126. The quantitative estimate of drug-likeness (QED) is 0.802.